The third-order valence-electron chi connectivity index (χ3n) is 5.45. The Morgan fingerprint density at radius 2 is 1.43 bits per heavy atom. The quantitative estimate of drug-likeness (QED) is 0.804. The molecule has 2 rings (SSSR count). The van der Waals surface area contributed by atoms with Crippen molar-refractivity contribution in [3.63, 3.8) is 0 Å². The summed E-state index contributed by atoms with van der Waals surface area (Å²) in [6.45, 7) is 0. The van der Waals surface area contributed by atoms with Crippen LogP contribution in [-0.2, 0) is 14.6 Å². The van der Waals surface area contributed by atoms with Crippen molar-refractivity contribution >= 4 is 15.7 Å². The van der Waals surface area contributed by atoms with Crippen LogP contribution >= 0.6 is 0 Å². The molecule has 0 aromatic rings. The molecule has 4 nitrogen and oxygen atoms in total. The number of carbonyl (C=O) groups excluding carboxylic acids is 1. The van der Waals surface area contributed by atoms with Crippen LogP contribution < -0.4 is 0 Å². The van der Waals surface area contributed by atoms with E-state index in [2.05, 4.69) is 0 Å². The fourth-order valence-corrected chi connectivity index (χ4v) is 5.49. The lowest BCUT2D eigenvalue weighted by Gasteiger charge is -2.36. The molecule has 0 saturated heterocycles. The average molecular weight is 315 g/mol. The van der Waals surface area contributed by atoms with E-state index in [1.54, 1.807) is 4.90 Å². The molecule has 0 atom stereocenters. The molecule has 2 fully saturated rings. The van der Waals surface area contributed by atoms with Crippen molar-refractivity contribution in [1.82, 2.24) is 4.90 Å². The van der Waals surface area contributed by atoms with Gasteiger partial charge >= 0.3 is 0 Å². The van der Waals surface area contributed by atoms with Crippen LogP contribution in [0.25, 0.3) is 0 Å². The topological polar surface area (TPSA) is 54.5 Å². The largest absolute Gasteiger partial charge is 0.341 e. The molecule has 0 spiro atoms. The van der Waals surface area contributed by atoms with E-state index in [1.807, 2.05) is 7.05 Å². The predicted molar refractivity (Wildman–Crippen MR) is 84.9 cm³/mol. The van der Waals surface area contributed by atoms with Crippen LogP contribution in [0.3, 0.4) is 0 Å². The lowest BCUT2D eigenvalue weighted by atomic mass is 9.94. The summed E-state index contributed by atoms with van der Waals surface area (Å²) in [7, 11) is -1.54. The van der Waals surface area contributed by atoms with Gasteiger partial charge in [-0.05, 0) is 25.7 Å². The molecule has 1 amide bonds. The molecule has 0 aromatic heterocycles. The Morgan fingerprint density at radius 1 is 0.952 bits per heavy atom. The zero-order valence-electron chi connectivity index (χ0n) is 13.4. The van der Waals surface area contributed by atoms with Crippen molar-refractivity contribution in [2.75, 3.05) is 13.3 Å². The number of hydrogen-bond donors (Lipinski definition) is 0. The van der Waals surface area contributed by atoms with Crippen molar-refractivity contribution < 1.29 is 13.2 Å². The first-order valence-electron chi connectivity index (χ1n) is 8.35. The van der Waals surface area contributed by atoms with E-state index in [1.165, 1.54) is 25.5 Å². The van der Waals surface area contributed by atoms with Crippen LogP contribution in [0.2, 0.25) is 0 Å². The maximum Gasteiger partial charge on any atom is 0.244 e. The Balaban J connectivity index is 2.16. The van der Waals surface area contributed by atoms with Gasteiger partial charge < -0.3 is 4.90 Å². The van der Waals surface area contributed by atoms with Crippen molar-refractivity contribution in [2.24, 2.45) is 0 Å². The fraction of sp³-hybridized carbons (Fsp3) is 0.938. The summed E-state index contributed by atoms with van der Waals surface area (Å²) < 4.78 is 23.4. The first-order chi connectivity index (χ1) is 9.88. The molecule has 0 heterocycles. The third-order valence-corrected chi connectivity index (χ3v) is 7.46. The van der Waals surface area contributed by atoms with Gasteiger partial charge in [-0.2, -0.15) is 0 Å². The van der Waals surface area contributed by atoms with E-state index in [-0.39, 0.29) is 11.9 Å². The SMILES string of the molecule is CN(C(=O)C1(S(C)(=O)=O)CCCC1)C1CCCCCCC1. The highest BCUT2D eigenvalue weighted by Crippen LogP contribution is 2.39. The molecule has 122 valence electrons. The normalized spacial score (nSPS) is 24.3. The van der Waals surface area contributed by atoms with E-state index in [9.17, 15) is 13.2 Å². The summed E-state index contributed by atoms with van der Waals surface area (Å²) >= 11 is 0. The second kappa shape index (κ2) is 6.67. The number of carbonyl (C=O) groups is 1. The Labute approximate surface area is 129 Å². The van der Waals surface area contributed by atoms with Crippen LogP contribution in [-0.4, -0.2) is 43.3 Å². The maximum absolute atomic E-state index is 13.0. The van der Waals surface area contributed by atoms with Gasteiger partial charge in [0.25, 0.3) is 0 Å². The third kappa shape index (κ3) is 3.43. The van der Waals surface area contributed by atoms with Gasteiger partial charge in [-0.15, -0.1) is 0 Å². The molecule has 2 aliphatic carbocycles. The van der Waals surface area contributed by atoms with Crippen molar-refractivity contribution in [3.05, 3.63) is 0 Å². The molecular weight excluding hydrogens is 286 g/mol. The standard InChI is InChI=1S/C16H29NO3S/c1-17(14-10-6-4-3-5-7-11-14)15(18)16(21(2,19)20)12-8-9-13-16/h14H,3-13H2,1-2H3. The van der Waals surface area contributed by atoms with E-state index >= 15 is 0 Å². The monoisotopic (exact) mass is 315 g/mol. The summed E-state index contributed by atoms with van der Waals surface area (Å²) in [6, 6.07) is 0.219. The number of hydrogen-bond acceptors (Lipinski definition) is 3. The molecule has 2 saturated carbocycles. The minimum absolute atomic E-state index is 0.145. The Kier molecular flexibility index (Phi) is 5.33. The minimum atomic E-state index is -3.35. The zero-order chi connectivity index (χ0) is 15.5. The van der Waals surface area contributed by atoms with Gasteiger partial charge in [0.1, 0.15) is 0 Å². The first kappa shape index (κ1) is 16.8. The molecule has 5 heteroatoms. The van der Waals surface area contributed by atoms with Gasteiger partial charge in [0, 0.05) is 19.3 Å². The maximum atomic E-state index is 13.0. The summed E-state index contributed by atoms with van der Waals surface area (Å²) in [6.07, 6.45) is 12.0. The summed E-state index contributed by atoms with van der Waals surface area (Å²) in [5.41, 5.74) is 0. The average Bonchev–Trinajstić information content (AvgIpc) is 2.86. The molecule has 0 aromatic carbocycles. The molecule has 0 N–H and O–H groups in total. The molecule has 0 radical (unpaired) electrons. The highest BCUT2D eigenvalue weighted by Gasteiger charge is 2.51. The highest BCUT2D eigenvalue weighted by atomic mass is 32.2. The van der Waals surface area contributed by atoms with Crippen LogP contribution in [0.15, 0.2) is 0 Å². The van der Waals surface area contributed by atoms with Crippen molar-refractivity contribution in [1.29, 1.82) is 0 Å². The van der Waals surface area contributed by atoms with Crippen LogP contribution in [0, 0.1) is 0 Å². The lowest BCUT2D eigenvalue weighted by Crippen LogP contribution is -2.53. The second-order valence-corrected chi connectivity index (χ2v) is 9.21. The van der Waals surface area contributed by atoms with Crippen LogP contribution in [0.5, 0.6) is 0 Å². The molecule has 21 heavy (non-hydrogen) atoms. The van der Waals surface area contributed by atoms with Gasteiger partial charge in [-0.1, -0.05) is 44.9 Å². The van der Waals surface area contributed by atoms with Gasteiger partial charge in [-0.25, -0.2) is 8.42 Å². The molecule has 0 aliphatic heterocycles. The van der Waals surface area contributed by atoms with E-state index in [4.69, 9.17) is 0 Å². The van der Waals surface area contributed by atoms with Gasteiger partial charge in [0.05, 0.1) is 0 Å². The second-order valence-electron chi connectivity index (χ2n) is 6.89. The summed E-state index contributed by atoms with van der Waals surface area (Å²) in [5, 5.41) is 0. The molecule has 0 bridgehead atoms. The van der Waals surface area contributed by atoms with Crippen LogP contribution in [0.4, 0.5) is 0 Å². The van der Waals surface area contributed by atoms with Crippen molar-refractivity contribution in [3.8, 4) is 0 Å². The van der Waals surface area contributed by atoms with Crippen LogP contribution in [0.1, 0.15) is 70.6 Å². The molecular formula is C16H29NO3S. The highest BCUT2D eigenvalue weighted by molar-refractivity contribution is 7.92. The number of sulfone groups is 1. The summed E-state index contributed by atoms with van der Waals surface area (Å²) in [4.78, 5) is 14.7. The fourth-order valence-electron chi connectivity index (χ4n) is 4.00. The Bertz CT molecular complexity index is 458. The van der Waals surface area contributed by atoms with Gasteiger partial charge in [0.15, 0.2) is 14.6 Å². The first-order valence-corrected chi connectivity index (χ1v) is 10.2. The molecule has 0 unspecified atom stereocenters. The number of rotatable bonds is 3. The smallest absolute Gasteiger partial charge is 0.244 e. The number of nitrogens with zero attached hydrogens (tertiary/aromatic N) is 1. The minimum Gasteiger partial charge on any atom is -0.341 e. The molecule has 2 aliphatic rings. The Hall–Kier alpha value is -0.580. The van der Waals surface area contributed by atoms with E-state index in [0.29, 0.717) is 12.8 Å². The zero-order valence-corrected chi connectivity index (χ0v) is 14.3. The van der Waals surface area contributed by atoms with Gasteiger partial charge in [-0.3, -0.25) is 4.79 Å². The van der Waals surface area contributed by atoms with E-state index in [0.717, 1.165) is 38.5 Å². The summed E-state index contributed by atoms with van der Waals surface area (Å²) in [5.74, 6) is -0.145. The van der Waals surface area contributed by atoms with E-state index < -0.39 is 14.6 Å². The number of amides is 1. The van der Waals surface area contributed by atoms with Gasteiger partial charge in [0.2, 0.25) is 5.91 Å². The Morgan fingerprint density at radius 3 is 1.90 bits per heavy atom. The lowest BCUT2D eigenvalue weighted by molar-refractivity contribution is -0.135. The predicted octanol–water partition coefficient (Wildman–Crippen LogP) is 2.92. The van der Waals surface area contributed by atoms with Crippen molar-refractivity contribution in [2.45, 2.75) is 81.4 Å².